The molecule has 0 spiro atoms. The third-order valence-electron chi connectivity index (χ3n) is 2.20. The van der Waals surface area contributed by atoms with Crippen LogP contribution in [-0.4, -0.2) is 28.6 Å². The number of carbonyl (C=O) groups is 2. The minimum absolute atomic E-state index is 0.0546. The summed E-state index contributed by atoms with van der Waals surface area (Å²) in [5.74, 6) is -1.67. The molecule has 0 amide bonds. The average molecular weight is 250 g/mol. The number of benzene rings is 1. The maximum atomic E-state index is 11.7. The summed E-state index contributed by atoms with van der Waals surface area (Å²) in [7, 11) is 0. The Kier molecular flexibility index (Phi) is 4.48. The van der Waals surface area contributed by atoms with Crippen molar-refractivity contribution < 1.29 is 24.5 Å². The van der Waals surface area contributed by atoms with Gasteiger partial charge in [-0.2, -0.15) is 0 Å². The minimum Gasteiger partial charge on any atom is -0.508 e. The first-order valence-corrected chi connectivity index (χ1v) is 5.31. The Labute approximate surface area is 104 Å². The van der Waals surface area contributed by atoms with E-state index in [1.807, 2.05) is 0 Å². The SMILES string of the molecule is CC=CC(=O)COC(=O)c1c(C)cc(O)cc1O. The van der Waals surface area contributed by atoms with Crippen LogP contribution in [0.3, 0.4) is 0 Å². The molecule has 2 N–H and O–H groups in total. The molecular formula is C13H14O5. The standard InChI is InChI=1S/C13H14O5/c1-3-4-9(14)7-18-13(17)12-8(2)5-10(15)6-11(12)16/h3-6,15-16H,7H2,1-2H3. The zero-order valence-corrected chi connectivity index (χ0v) is 10.1. The van der Waals surface area contributed by atoms with Gasteiger partial charge in [0.15, 0.2) is 12.4 Å². The van der Waals surface area contributed by atoms with Gasteiger partial charge in [0.2, 0.25) is 0 Å². The highest BCUT2D eigenvalue weighted by Gasteiger charge is 2.17. The average Bonchev–Trinajstić information content (AvgIpc) is 2.25. The molecule has 0 radical (unpaired) electrons. The van der Waals surface area contributed by atoms with Crippen LogP contribution in [0.25, 0.3) is 0 Å². The van der Waals surface area contributed by atoms with Crippen molar-refractivity contribution in [3.63, 3.8) is 0 Å². The molecule has 0 unspecified atom stereocenters. The van der Waals surface area contributed by atoms with E-state index in [1.54, 1.807) is 19.9 Å². The molecule has 0 aliphatic heterocycles. The Bertz CT molecular complexity index is 479. The van der Waals surface area contributed by atoms with Gasteiger partial charge in [0.1, 0.15) is 17.1 Å². The van der Waals surface area contributed by atoms with E-state index in [0.29, 0.717) is 5.56 Å². The second-order valence-corrected chi connectivity index (χ2v) is 3.70. The molecule has 0 aromatic heterocycles. The van der Waals surface area contributed by atoms with Crippen LogP contribution in [0.2, 0.25) is 0 Å². The molecule has 1 aromatic rings. The van der Waals surface area contributed by atoms with Gasteiger partial charge in [-0.3, -0.25) is 4.79 Å². The lowest BCUT2D eigenvalue weighted by Crippen LogP contribution is -2.13. The molecule has 0 atom stereocenters. The number of hydrogen-bond donors (Lipinski definition) is 2. The summed E-state index contributed by atoms with van der Waals surface area (Å²) in [6, 6.07) is 2.36. The van der Waals surface area contributed by atoms with Crippen LogP contribution in [-0.2, 0) is 9.53 Å². The fraction of sp³-hybridized carbons (Fsp3) is 0.231. The van der Waals surface area contributed by atoms with E-state index in [1.165, 1.54) is 12.1 Å². The Morgan fingerprint density at radius 1 is 1.33 bits per heavy atom. The molecule has 1 aromatic carbocycles. The molecule has 5 heteroatoms. The lowest BCUT2D eigenvalue weighted by Gasteiger charge is -2.08. The Morgan fingerprint density at radius 3 is 2.56 bits per heavy atom. The number of rotatable bonds is 4. The number of carbonyl (C=O) groups excluding carboxylic acids is 2. The normalized spacial score (nSPS) is 10.6. The maximum absolute atomic E-state index is 11.7. The fourth-order valence-corrected chi connectivity index (χ4v) is 1.46. The number of aromatic hydroxyl groups is 2. The summed E-state index contributed by atoms with van der Waals surface area (Å²) < 4.78 is 4.76. The van der Waals surface area contributed by atoms with Gasteiger partial charge in [0, 0.05) is 6.07 Å². The molecule has 18 heavy (non-hydrogen) atoms. The van der Waals surface area contributed by atoms with Crippen LogP contribution in [0.15, 0.2) is 24.3 Å². The summed E-state index contributed by atoms with van der Waals surface area (Å²) in [6.07, 6.45) is 2.83. The second-order valence-electron chi connectivity index (χ2n) is 3.70. The summed E-state index contributed by atoms with van der Waals surface area (Å²) in [5.41, 5.74) is 0.317. The van der Waals surface area contributed by atoms with E-state index < -0.39 is 5.97 Å². The highest BCUT2D eigenvalue weighted by Crippen LogP contribution is 2.27. The van der Waals surface area contributed by atoms with E-state index in [0.717, 1.165) is 6.07 Å². The van der Waals surface area contributed by atoms with Crippen molar-refractivity contribution >= 4 is 11.8 Å². The van der Waals surface area contributed by atoms with Gasteiger partial charge in [-0.15, -0.1) is 0 Å². The summed E-state index contributed by atoms with van der Waals surface area (Å²) in [6.45, 7) is 2.84. The van der Waals surface area contributed by atoms with E-state index >= 15 is 0 Å². The van der Waals surface area contributed by atoms with Gasteiger partial charge in [-0.05, 0) is 31.6 Å². The number of phenols is 2. The van der Waals surface area contributed by atoms with E-state index in [-0.39, 0.29) is 29.5 Å². The Hall–Kier alpha value is -2.30. The predicted octanol–water partition coefficient (Wildman–Crippen LogP) is 1.71. The molecule has 0 saturated carbocycles. The van der Waals surface area contributed by atoms with Crippen molar-refractivity contribution in [2.75, 3.05) is 6.61 Å². The van der Waals surface area contributed by atoms with E-state index in [9.17, 15) is 19.8 Å². The number of hydrogen-bond acceptors (Lipinski definition) is 5. The van der Waals surface area contributed by atoms with Crippen molar-refractivity contribution in [3.05, 3.63) is 35.4 Å². The van der Waals surface area contributed by atoms with Crippen LogP contribution < -0.4 is 0 Å². The van der Waals surface area contributed by atoms with Gasteiger partial charge in [-0.1, -0.05) is 6.08 Å². The number of ether oxygens (including phenoxy) is 1. The molecule has 0 bridgehead atoms. The second kappa shape index (κ2) is 5.86. The van der Waals surface area contributed by atoms with Crippen LogP contribution >= 0.6 is 0 Å². The Morgan fingerprint density at radius 2 is 2.00 bits per heavy atom. The van der Waals surface area contributed by atoms with Crippen molar-refractivity contribution in [3.8, 4) is 11.5 Å². The zero-order chi connectivity index (χ0) is 13.7. The Balaban J connectivity index is 2.82. The first-order chi connectivity index (χ1) is 8.45. The summed E-state index contributed by atoms with van der Waals surface area (Å²) >= 11 is 0. The summed E-state index contributed by atoms with van der Waals surface area (Å²) in [4.78, 5) is 22.8. The van der Waals surface area contributed by atoms with Crippen molar-refractivity contribution in [2.24, 2.45) is 0 Å². The third-order valence-corrected chi connectivity index (χ3v) is 2.20. The van der Waals surface area contributed by atoms with Gasteiger partial charge >= 0.3 is 5.97 Å². The highest BCUT2D eigenvalue weighted by atomic mass is 16.5. The fourth-order valence-electron chi connectivity index (χ4n) is 1.46. The molecule has 5 nitrogen and oxygen atoms in total. The zero-order valence-electron chi connectivity index (χ0n) is 10.1. The van der Waals surface area contributed by atoms with Crippen LogP contribution in [0, 0.1) is 6.92 Å². The number of phenolic OH excluding ortho intramolecular Hbond substituents is 2. The van der Waals surface area contributed by atoms with Crippen molar-refractivity contribution in [1.29, 1.82) is 0 Å². The number of ketones is 1. The highest BCUT2D eigenvalue weighted by molar-refractivity contribution is 5.97. The van der Waals surface area contributed by atoms with Gasteiger partial charge in [-0.25, -0.2) is 4.79 Å². The number of aryl methyl sites for hydroxylation is 1. The molecule has 1 rings (SSSR count). The van der Waals surface area contributed by atoms with E-state index in [4.69, 9.17) is 4.74 Å². The smallest absolute Gasteiger partial charge is 0.342 e. The van der Waals surface area contributed by atoms with Gasteiger partial charge in [0.05, 0.1) is 0 Å². The van der Waals surface area contributed by atoms with Crippen molar-refractivity contribution in [1.82, 2.24) is 0 Å². The third kappa shape index (κ3) is 3.35. The molecule has 0 fully saturated rings. The minimum atomic E-state index is -0.803. The lowest BCUT2D eigenvalue weighted by molar-refractivity contribution is -0.117. The molecule has 0 saturated heterocycles. The summed E-state index contributed by atoms with van der Waals surface area (Å²) in [5, 5.41) is 18.8. The predicted molar refractivity (Wildman–Crippen MR) is 64.6 cm³/mol. The number of esters is 1. The quantitative estimate of drug-likeness (QED) is 0.627. The molecule has 0 aliphatic carbocycles. The van der Waals surface area contributed by atoms with Crippen LogP contribution in [0.4, 0.5) is 0 Å². The first kappa shape index (κ1) is 13.8. The molecule has 96 valence electrons. The number of allylic oxidation sites excluding steroid dienone is 1. The lowest BCUT2D eigenvalue weighted by atomic mass is 10.1. The molecule has 0 heterocycles. The van der Waals surface area contributed by atoms with Crippen LogP contribution in [0.1, 0.15) is 22.8 Å². The van der Waals surface area contributed by atoms with Gasteiger partial charge < -0.3 is 14.9 Å². The first-order valence-electron chi connectivity index (χ1n) is 5.31. The van der Waals surface area contributed by atoms with Crippen LogP contribution in [0.5, 0.6) is 11.5 Å². The van der Waals surface area contributed by atoms with Crippen molar-refractivity contribution in [2.45, 2.75) is 13.8 Å². The topological polar surface area (TPSA) is 83.8 Å². The largest absolute Gasteiger partial charge is 0.508 e. The maximum Gasteiger partial charge on any atom is 0.342 e. The monoisotopic (exact) mass is 250 g/mol. The molecule has 0 aliphatic rings. The molecular weight excluding hydrogens is 236 g/mol. The van der Waals surface area contributed by atoms with E-state index in [2.05, 4.69) is 0 Å². The van der Waals surface area contributed by atoms with Gasteiger partial charge in [0.25, 0.3) is 0 Å².